The molecule has 1 fully saturated rings. The van der Waals surface area contributed by atoms with Gasteiger partial charge in [-0.15, -0.1) is 0 Å². The Morgan fingerprint density at radius 2 is 1.89 bits per heavy atom. The van der Waals surface area contributed by atoms with Gasteiger partial charge in [0.05, 0.1) is 6.04 Å². The average Bonchev–Trinajstić information content (AvgIpc) is 3.21. The number of rotatable bonds is 5. The molecule has 4 rings (SSSR count). The summed E-state index contributed by atoms with van der Waals surface area (Å²) in [5.74, 6) is 0.762. The first-order chi connectivity index (χ1) is 13.6. The van der Waals surface area contributed by atoms with Gasteiger partial charge >= 0.3 is 5.97 Å². The van der Waals surface area contributed by atoms with E-state index in [4.69, 9.17) is 19.3 Å². The predicted molar refractivity (Wildman–Crippen MR) is 100 cm³/mol. The fraction of sp³-hybridized carbons (Fsp3) is 0.333. The Bertz CT molecular complexity index is 879. The summed E-state index contributed by atoms with van der Waals surface area (Å²) in [6, 6.07) is 12.3. The van der Waals surface area contributed by atoms with Crippen molar-refractivity contribution in [3.05, 3.63) is 53.6 Å². The van der Waals surface area contributed by atoms with E-state index in [1.807, 2.05) is 23.1 Å². The molecule has 28 heavy (non-hydrogen) atoms. The van der Waals surface area contributed by atoms with Crippen molar-refractivity contribution in [3.63, 3.8) is 0 Å². The predicted octanol–water partition coefficient (Wildman–Crippen LogP) is 2.90. The number of ether oxygens (including phenoxy) is 3. The first-order valence-electron chi connectivity index (χ1n) is 9.27. The highest BCUT2D eigenvalue weighted by Gasteiger charge is 2.34. The molecule has 1 atom stereocenters. The summed E-state index contributed by atoms with van der Waals surface area (Å²) >= 11 is 0. The van der Waals surface area contributed by atoms with Crippen LogP contribution in [0.5, 0.6) is 17.2 Å². The molecule has 7 heteroatoms. The number of carboxylic acids is 1. The van der Waals surface area contributed by atoms with Crippen LogP contribution in [0, 0.1) is 0 Å². The first-order valence-corrected chi connectivity index (χ1v) is 9.27. The van der Waals surface area contributed by atoms with Gasteiger partial charge in [0.15, 0.2) is 18.1 Å². The Balaban J connectivity index is 1.54. The molecule has 2 aromatic carbocycles. The summed E-state index contributed by atoms with van der Waals surface area (Å²) in [4.78, 5) is 25.5. The second-order valence-corrected chi connectivity index (χ2v) is 6.73. The molecule has 0 aliphatic carbocycles. The lowest BCUT2D eigenvalue weighted by Gasteiger charge is -2.29. The van der Waals surface area contributed by atoms with Gasteiger partial charge in [-0.25, -0.2) is 4.79 Å². The van der Waals surface area contributed by atoms with Gasteiger partial charge in [0.25, 0.3) is 5.91 Å². The van der Waals surface area contributed by atoms with Gasteiger partial charge in [-0.3, -0.25) is 4.79 Å². The second kappa shape index (κ2) is 7.80. The van der Waals surface area contributed by atoms with Crippen molar-refractivity contribution in [2.45, 2.75) is 18.9 Å². The van der Waals surface area contributed by atoms with Crippen LogP contribution < -0.4 is 14.2 Å². The maximum atomic E-state index is 13.1. The first kappa shape index (κ1) is 18.2. The van der Waals surface area contributed by atoms with Crippen LogP contribution in [-0.4, -0.2) is 48.2 Å². The second-order valence-electron chi connectivity index (χ2n) is 6.73. The highest BCUT2D eigenvalue weighted by molar-refractivity contribution is 5.95. The standard InChI is InChI=1S/C21H21NO6/c23-19(24)13-28-15-8-6-14(7-9-15)21(25)22-10-2-4-17(22)16-3-1-5-18-20(16)27-12-11-26-18/h1,3,5-9,17H,2,4,10-13H2,(H,23,24). The molecular formula is C21H21NO6. The Labute approximate surface area is 162 Å². The molecule has 2 aliphatic rings. The van der Waals surface area contributed by atoms with Crippen LogP contribution in [-0.2, 0) is 4.79 Å². The lowest BCUT2D eigenvalue weighted by atomic mass is 10.0. The topological polar surface area (TPSA) is 85.3 Å². The number of carboxylic acid groups (broad SMARTS) is 1. The van der Waals surface area contributed by atoms with Gasteiger partial charge in [0.2, 0.25) is 0 Å². The van der Waals surface area contributed by atoms with Crippen LogP contribution in [0.25, 0.3) is 0 Å². The third kappa shape index (κ3) is 3.60. The molecule has 1 saturated heterocycles. The van der Waals surface area contributed by atoms with Gasteiger partial charge in [-0.1, -0.05) is 12.1 Å². The number of benzene rings is 2. The Hall–Kier alpha value is -3.22. The minimum atomic E-state index is -1.04. The summed E-state index contributed by atoms with van der Waals surface area (Å²) in [7, 11) is 0. The molecule has 2 heterocycles. The van der Waals surface area contributed by atoms with Crippen molar-refractivity contribution in [2.24, 2.45) is 0 Å². The Kier molecular flexibility index (Phi) is 5.06. The molecule has 0 aromatic heterocycles. The zero-order valence-electron chi connectivity index (χ0n) is 15.3. The van der Waals surface area contributed by atoms with E-state index in [0.717, 1.165) is 29.9 Å². The van der Waals surface area contributed by atoms with Crippen LogP contribution in [0.2, 0.25) is 0 Å². The van der Waals surface area contributed by atoms with E-state index in [1.54, 1.807) is 24.3 Å². The molecule has 7 nitrogen and oxygen atoms in total. The van der Waals surface area contributed by atoms with E-state index in [-0.39, 0.29) is 11.9 Å². The fourth-order valence-corrected chi connectivity index (χ4v) is 3.70. The smallest absolute Gasteiger partial charge is 0.341 e. The molecule has 146 valence electrons. The SMILES string of the molecule is O=C(O)COc1ccc(C(=O)N2CCCC2c2cccc3c2OCCO3)cc1. The molecule has 1 N–H and O–H groups in total. The number of hydrogen-bond donors (Lipinski definition) is 1. The van der Waals surface area contributed by atoms with Gasteiger partial charge in [0.1, 0.15) is 19.0 Å². The summed E-state index contributed by atoms with van der Waals surface area (Å²) in [6.07, 6.45) is 1.78. The number of hydrogen-bond acceptors (Lipinski definition) is 5. The molecule has 1 amide bonds. The average molecular weight is 383 g/mol. The van der Waals surface area contributed by atoms with E-state index in [0.29, 0.717) is 31.1 Å². The number of fused-ring (bicyclic) bond motifs is 1. The number of carbonyl (C=O) groups excluding carboxylic acids is 1. The van der Waals surface area contributed by atoms with E-state index in [9.17, 15) is 9.59 Å². The molecule has 1 unspecified atom stereocenters. The molecule has 0 bridgehead atoms. The Morgan fingerprint density at radius 1 is 1.11 bits per heavy atom. The van der Waals surface area contributed by atoms with Crippen molar-refractivity contribution in [3.8, 4) is 17.2 Å². The number of amides is 1. The molecular weight excluding hydrogens is 362 g/mol. The number of nitrogens with zero attached hydrogens (tertiary/aromatic N) is 1. The maximum Gasteiger partial charge on any atom is 0.341 e. The molecule has 0 radical (unpaired) electrons. The Morgan fingerprint density at radius 3 is 2.68 bits per heavy atom. The van der Waals surface area contributed by atoms with Crippen LogP contribution in [0.1, 0.15) is 34.8 Å². The summed E-state index contributed by atoms with van der Waals surface area (Å²) in [6.45, 7) is 1.29. The van der Waals surface area contributed by atoms with E-state index < -0.39 is 12.6 Å². The number of carbonyl (C=O) groups is 2. The van der Waals surface area contributed by atoms with Crippen LogP contribution >= 0.6 is 0 Å². The third-order valence-corrected chi connectivity index (χ3v) is 4.93. The van der Waals surface area contributed by atoms with Gasteiger partial charge in [-0.2, -0.15) is 0 Å². The number of para-hydroxylation sites is 1. The summed E-state index contributed by atoms with van der Waals surface area (Å²) in [5.41, 5.74) is 1.51. The largest absolute Gasteiger partial charge is 0.486 e. The molecule has 2 aliphatic heterocycles. The normalized spacial score (nSPS) is 18.0. The van der Waals surface area contributed by atoms with E-state index >= 15 is 0 Å². The van der Waals surface area contributed by atoms with Gasteiger partial charge in [0, 0.05) is 17.7 Å². The van der Waals surface area contributed by atoms with Crippen molar-refractivity contribution in [1.82, 2.24) is 4.90 Å². The lowest BCUT2D eigenvalue weighted by molar-refractivity contribution is -0.139. The lowest BCUT2D eigenvalue weighted by Crippen LogP contribution is -2.31. The maximum absolute atomic E-state index is 13.1. The van der Waals surface area contributed by atoms with E-state index in [2.05, 4.69) is 0 Å². The quantitative estimate of drug-likeness (QED) is 0.855. The zero-order chi connectivity index (χ0) is 19.5. The van der Waals surface area contributed by atoms with Crippen molar-refractivity contribution in [1.29, 1.82) is 0 Å². The van der Waals surface area contributed by atoms with Gasteiger partial charge in [-0.05, 0) is 43.2 Å². The van der Waals surface area contributed by atoms with Crippen molar-refractivity contribution < 1.29 is 28.9 Å². The monoisotopic (exact) mass is 383 g/mol. The minimum Gasteiger partial charge on any atom is -0.486 e. The molecule has 0 spiro atoms. The fourth-order valence-electron chi connectivity index (χ4n) is 3.70. The number of likely N-dealkylation sites (tertiary alicyclic amines) is 1. The molecule has 0 saturated carbocycles. The zero-order valence-corrected chi connectivity index (χ0v) is 15.3. The van der Waals surface area contributed by atoms with Crippen molar-refractivity contribution >= 4 is 11.9 Å². The van der Waals surface area contributed by atoms with Crippen LogP contribution in [0.4, 0.5) is 0 Å². The van der Waals surface area contributed by atoms with Crippen molar-refractivity contribution in [2.75, 3.05) is 26.4 Å². The van der Waals surface area contributed by atoms with Crippen LogP contribution in [0.3, 0.4) is 0 Å². The summed E-state index contributed by atoms with van der Waals surface area (Å²) < 4.78 is 16.6. The minimum absolute atomic E-state index is 0.0629. The van der Waals surface area contributed by atoms with Crippen LogP contribution in [0.15, 0.2) is 42.5 Å². The highest BCUT2D eigenvalue weighted by atomic mass is 16.6. The molecule has 2 aromatic rings. The highest BCUT2D eigenvalue weighted by Crippen LogP contribution is 2.43. The van der Waals surface area contributed by atoms with Gasteiger partial charge < -0.3 is 24.2 Å². The van der Waals surface area contributed by atoms with E-state index in [1.165, 1.54) is 0 Å². The third-order valence-electron chi connectivity index (χ3n) is 4.93. The summed E-state index contributed by atoms with van der Waals surface area (Å²) in [5, 5.41) is 8.68. The number of aliphatic carboxylic acids is 1.